The van der Waals surface area contributed by atoms with Gasteiger partial charge in [-0.2, -0.15) is 5.10 Å². The fourth-order valence-electron chi connectivity index (χ4n) is 2.65. The molecule has 3 aromatic rings. The number of benzene rings is 1. The Bertz CT molecular complexity index is 849. The van der Waals surface area contributed by atoms with E-state index in [-0.39, 0.29) is 11.9 Å². The van der Waals surface area contributed by atoms with Crippen LogP contribution in [0.2, 0.25) is 0 Å². The first-order valence-corrected chi connectivity index (χ1v) is 9.34. The largest absolute Gasteiger partial charge is 0.353 e. The van der Waals surface area contributed by atoms with E-state index in [1.807, 2.05) is 37.3 Å². The van der Waals surface area contributed by atoms with Gasteiger partial charge in [0.15, 0.2) is 5.65 Å². The summed E-state index contributed by atoms with van der Waals surface area (Å²) in [5, 5.41) is 9.05. The Labute approximate surface area is 151 Å². The zero-order chi connectivity index (χ0) is 17.6. The Hall–Kier alpha value is -2.41. The van der Waals surface area contributed by atoms with E-state index in [2.05, 4.69) is 27.3 Å². The summed E-state index contributed by atoms with van der Waals surface area (Å²) >= 11 is 1.41. The molecule has 0 spiro atoms. The molecule has 1 unspecified atom stereocenters. The van der Waals surface area contributed by atoms with E-state index < -0.39 is 0 Å². The lowest BCUT2D eigenvalue weighted by molar-refractivity contribution is -0.119. The Morgan fingerprint density at radius 1 is 1.28 bits per heavy atom. The molecule has 25 heavy (non-hydrogen) atoms. The van der Waals surface area contributed by atoms with Crippen LogP contribution in [0.5, 0.6) is 0 Å². The van der Waals surface area contributed by atoms with E-state index in [1.165, 1.54) is 18.1 Å². The minimum atomic E-state index is 0.0214. The maximum atomic E-state index is 12.1. The molecule has 130 valence electrons. The van der Waals surface area contributed by atoms with E-state index >= 15 is 0 Å². The minimum Gasteiger partial charge on any atom is -0.353 e. The number of fused-ring (bicyclic) bond motifs is 1. The number of rotatable bonds is 7. The van der Waals surface area contributed by atoms with Crippen molar-refractivity contribution in [2.75, 3.05) is 5.75 Å². The SMILES string of the molecule is CCCC(C)NC(=O)CSc1ncnc2c1cnn2-c1ccccc1. The van der Waals surface area contributed by atoms with E-state index in [4.69, 9.17) is 0 Å². The van der Waals surface area contributed by atoms with Crippen LogP contribution in [0.1, 0.15) is 26.7 Å². The van der Waals surface area contributed by atoms with Crippen molar-refractivity contribution in [2.45, 2.75) is 37.8 Å². The zero-order valence-corrected chi connectivity index (χ0v) is 15.2. The Morgan fingerprint density at radius 2 is 2.08 bits per heavy atom. The molecule has 0 bridgehead atoms. The van der Waals surface area contributed by atoms with Crippen LogP contribution in [0.25, 0.3) is 16.7 Å². The van der Waals surface area contributed by atoms with Crippen LogP contribution >= 0.6 is 11.8 Å². The molecule has 7 heteroatoms. The molecule has 2 heterocycles. The van der Waals surface area contributed by atoms with Crippen molar-refractivity contribution in [3.05, 3.63) is 42.9 Å². The number of carbonyl (C=O) groups excluding carboxylic acids is 1. The highest BCUT2D eigenvalue weighted by molar-refractivity contribution is 8.00. The van der Waals surface area contributed by atoms with E-state index in [1.54, 1.807) is 10.9 Å². The summed E-state index contributed by atoms with van der Waals surface area (Å²) in [6.07, 6.45) is 5.31. The first-order chi connectivity index (χ1) is 12.2. The molecule has 1 aromatic carbocycles. The Kier molecular flexibility index (Phi) is 5.65. The zero-order valence-electron chi connectivity index (χ0n) is 14.3. The van der Waals surface area contributed by atoms with Gasteiger partial charge in [-0.1, -0.05) is 43.3 Å². The minimum absolute atomic E-state index is 0.0214. The molecule has 0 saturated heterocycles. The van der Waals surface area contributed by atoms with Crippen molar-refractivity contribution < 1.29 is 4.79 Å². The van der Waals surface area contributed by atoms with Crippen LogP contribution in [0.4, 0.5) is 0 Å². The van der Waals surface area contributed by atoms with Gasteiger partial charge in [-0.15, -0.1) is 0 Å². The number of nitrogens with zero attached hydrogens (tertiary/aromatic N) is 4. The summed E-state index contributed by atoms with van der Waals surface area (Å²) in [7, 11) is 0. The first-order valence-electron chi connectivity index (χ1n) is 8.35. The summed E-state index contributed by atoms with van der Waals surface area (Å²) in [5.74, 6) is 0.351. The molecule has 2 aromatic heterocycles. The Morgan fingerprint density at radius 3 is 2.84 bits per heavy atom. The predicted octanol–water partition coefficient (Wildman–Crippen LogP) is 3.21. The van der Waals surface area contributed by atoms with Crippen LogP contribution in [-0.2, 0) is 4.79 Å². The molecule has 0 saturated carbocycles. The summed E-state index contributed by atoms with van der Waals surface area (Å²) in [6, 6.07) is 10.0. The molecule has 0 aliphatic rings. The van der Waals surface area contributed by atoms with Gasteiger partial charge in [0.25, 0.3) is 0 Å². The van der Waals surface area contributed by atoms with E-state index in [9.17, 15) is 4.79 Å². The molecular formula is C18H21N5OS. The van der Waals surface area contributed by atoms with Crippen molar-refractivity contribution in [1.82, 2.24) is 25.1 Å². The van der Waals surface area contributed by atoms with Crippen molar-refractivity contribution in [1.29, 1.82) is 0 Å². The number of hydrogen-bond acceptors (Lipinski definition) is 5. The normalized spacial score (nSPS) is 12.2. The van der Waals surface area contributed by atoms with Gasteiger partial charge in [0.1, 0.15) is 11.4 Å². The van der Waals surface area contributed by atoms with Gasteiger partial charge in [-0.05, 0) is 25.5 Å². The summed E-state index contributed by atoms with van der Waals surface area (Å²) in [5.41, 5.74) is 1.68. The molecule has 0 fully saturated rings. The maximum absolute atomic E-state index is 12.1. The molecule has 0 radical (unpaired) electrons. The second kappa shape index (κ2) is 8.11. The third-order valence-corrected chi connectivity index (χ3v) is 4.80. The highest BCUT2D eigenvalue weighted by Crippen LogP contribution is 2.25. The molecule has 1 amide bonds. The standard InChI is InChI=1S/C18H21N5OS/c1-3-7-13(2)22-16(24)11-25-18-15-10-21-23(17(15)19-12-20-18)14-8-5-4-6-9-14/h4-6,8-10,12-13H,3,7,11H2,1-2H3,(H,22,24). The van der Waals surface area contributed by atoms with E-state index in [0.29, 0.717) is 5.75 Å². The molecule has 1 N–H and O–H groups in total. The van der Waals surface area contributed by atoms with Crippen molar-refractivity contribution in [2.24, 2.45) is 0 Å². The number of para-hydroxylation sites is 1. The number of nitrogens with one attached hydrogen (secondary N) is 1. The van der Waals surface area contributed by atoms with Gasteiger partial charge in [0, 0.05) is 6.04 Å². The number of aromatic nitrogens is 4. The fraction of sp³-hybridized carbons (Fsp3) is 0.333. The average Bonchev–Trinajstić information content (AvgIpc) is 3.05. The molecular weight excluding hydrogens is 334 g/mol. The number of carbonyl (C=O) groups is 1. The second-order valence-corrected chi connectivity index (χ2v) is 6.82. The van der Waals surface area contributed by atoms with E-state index in [0.717, 1.165) is 34.6 Å². The van der Waals surface area contributed by atoms with Crippen molar-refractivity contribution in [3.8, 4) is 5.69 Å². The fourth-order valence-corrected chi connectivity index (χ4v) is 3.42. The van der Waals surface area contributed by atoms with Gasteiger partial charge >= 0.3 is 0 Å². The van der Waals surface area contributed by atoms with Gasteiger partial charge in [0.2, 0.25) is 5.91 Å². The molecule has 1 atom stereocenters. The van der Waals surface area contributed by atoms with Crippen LogP contribution in [0.15, 0.2) is 47.9 Å². The summed E-state index contributed by atoms with van der Waals surface area (Å²) < 4.78 is 1.78. The van der Waals surface area contributed by atoms with Crippen molar-refractivity contribution in [3.63, 3.8) is 0 Å². The molecule has 0 aliphatic carbocycles. The summed E-state index contributed by atoms with van der Waals surface area (Å²) in [6.45, 7) is 4.14. The van der Waals surface area contributed by atoms with Crippen molar-refractivity contribution >= 4 is 28.7 Å². The van der Waals surface area contributed by atoms with Gasteiger partial charge in [0.05, 0.1) is 23.0 Å². The molecule has 6 nitrogen and oxygen atoms in total. The molecule has 3 rings (SSSR count). The summed E-state index contributed by atoms with van der Waals surface area (Å²) in [4.78, 5) is 20.7. The van der Waals surface area contributed by atoms with Crippen LogP contribution in [-0.4, -0.2) is 37.5 Å². The quantitative estimate of drug-likeness (QED) is 0.520. The van der Waals surface area contributed by atoms with Crippen LogP contribution in [0, 0.1) is 0 Å². The maximum Gasteiger partial charge on any atom is 0.230 e. The lowest BCUT2D eigenvalue weighted by Gasteiger charge is -2.12. The lowest BCUT2D eigenvalue weighted by atomic mass is 10.2. The van der Waals surface area contributed by atoms with Gasteiger partial charge in [-0.3, -0.25) is 4.79 Å². The molecule has 0 aliphatic heterocycles. The Balaban J connectivity index is 1.75. The smallest absolute Gasteiger partial charge is 0.230 e. The first kappa shape index (κ1) is 17.4. The number of thioether (sulfide) groups is 1. The predicted molar refractivity (Wildman–Crippen MR) is 99.9 cm³/mol. The third-order valence-electron chi connectivity index (χ3n) is 3.80. The van der Waals surface area contributed by atoms with Gasteiger partial charge in [-0.25, -0.2) is 14.6 Å². The van der Waals surface area contributed by atoms with Gasteiger partial charge < -0.3 is 5.32 Å². The van der Waals surface area contributed by atoms with Crippen LogP contribution in [0.3, 0.4) is 0 Å². The lowest BCUT2D eigenvalue weighted by Crippen LogP contribution is -2.33. The average molecular weight is 355 g/mol. The second-order valence-electron chi connectivity index (χ2n) is 5.85. The number of amides is 1. The third kappa shape index (κ3) is 4.17. The number of hydrogen-bond donors (Lipinski definition) is 1. The highest BCUT2D eigenvalue weighted by Gasteiger charge is 2.13. The topological polar surface area (TPSA) is 72.7 Å². The monoisotopic (exact) mass is 355 g/mol. The van der Waals surface area contributed by atoms with Crippen LogP contribution < -0.4 is 5.32 Å². The highest BCUT2D eigenvalue weighted by atomic mass is 32.2.